The van der Waals surface area contributed by atoms with Crippen LogP contribution < -0.4 is 5.32 Å². The van der Waals surface area contributed by atoms with E-state index in [4.69, 9.17) is 35.4 Å². The standard InChI is InChI=1S/C24H27Cl2N5S/c1-15-14-17(16(2)31(15)20-10-7-8-18(25)21(20)26)23-22(19-9-5-6-11-27-19)28-24(32)30(23)13-12-29(3)4/h5-11,14,22-23H,12-13H2,1-4H3,(H,28,32)/t22-,23+/m1/s1. The number of hydrogen-bond donors (Lipinski definition) is 1. The van der Waals surface area contributed by atoms with Crippen LogP contribution in [0.2, 0.25) is 10.0 Å². The summed E-state index contributed by atoms with van der Waals surface area (Å²) < 4.78 is 2.17. The van der Waals surface area contributed by atoms with Crippen molar-refractivity contribution < 1.29 is 0 Å². The zero-order chi connectivity index (χ0) is 23.0. The highest BCUT2D eigenvalue weighted by molar-refractivity contribution is 7.80. The van der Waals surface area contributed by atoms with E-state index in [9.17, 15) is 0 Å². The van der Waals surface area contributed by atoms with Crippen molar-refractivity contribution >= 4 is 40.5 Å². The first kappa shape index (κ1) is 23.1. The predicted octanol–water partition coefficient (Wildman–Crippen LogP) is 5.33. The number of nitrogens with one attached hydrogen (secondary N) is 1. The van der Waals surface area contributed by atoms with E-state index >= 15 is 0 Å². The van der Waals surface area contributed by atoms with Crippen molar-refractivity contribution in [2.75, 3.05) is 27.2 Å². The van der Waals surface area contributed by atoms with Crippen molar-refractivity contribution in [3.8, 4) is 5.69 Å². The third-order valence-corrected chi connectivity index (χ3v) is 7.11. The number of rotatable bonds is 6. The summed E-state index contributed by atoms with van der Waals surface area (Å²) in [6.07, 6.45) is 1.83. The minimum atomic E-state index is -0.0466. The minimum absolute atomic E-state index is 0.00950. The number of nitrogens with zero attached hydrogens (tertiary/aromatic N) is 4. The number of aromatic nitrogens is 2. The number of likely N-dealkylation sites (N-methyl/N-ethyl adjacent to an activating group) is 1. The zero-order valence-corrected chi connectivity index (χ0v) is 21.0. The monoisotopic (exact) mass is 487 g/mol. The molecule has 1 aliphatic heterocycles. The SMILES string of the molecule is Cc1cc([C@H]2[C@@H](c3ccccn3)NC(=S)N2CCN(C)C)c(C)n1-c1cccc(Cl)c1Cl. The Bertz CT molecular complexity index is 1130. The predicted molar refractivity (Wildman–Crippen MR) is 136 cm³/mol. The number of benzene rings is 1. The van der Waals surface area contributed by atoms with Crippen molar-refractivity contribution in [2.24, 2.45) is 0 Å². The second-order valence-electron chi connectivity index (χ2n) is 8.36. The van der Waals surface area contributed by atoms with Gasteiger partial charge in [-0.15, -0.1) is 0 Å². The first-order chi connectivity index (χ1) is 15.3. The average molecular weight is 488 g/mol. The summed E-state index contributed by atoms with van der Waals surface area (Å²) in [5, 5.41) is 5.37. The van der Waals surface area contributed by atoms with Gasteiger partial charge in [-0.3, -0.25) is 4.98 Å². The van der Waals surface area contributed by atoms with Gasteiger partial charge < -0.3 is 19.7 Å². The molecule has 0 spiro atoms. The lowest BCUT2D eigenvalue weighted by Gasteiger charge is -2.29. The molecular weight excluding hydrogens is 461 g/mol. The first-order valence-electron chi connectivity index (χ1n) is 10.6. The molecule has 2 atom stereocenters. The van der Waals surface area contributed by atoms with E-state index < -0.39 is 0 Å². The minimum Gasteiger partial charge on any atom is -0.352 e. The van der Waals surface area contributed by atoms with Gasteiger partial charge in [-0.2, -0.15) is 0 Å². The molecule has 32 heavy (non-hydrogen) atoms. The Balaban J connectivity index is 1.83. The number of hydrogen-bond acceptors (Lipinski definition) is 3. The fourth-order valence-electron chi connectivity index (χ4n) is 4.42. The van der Waals surface area contributed by atoms with Gasteiger partial charge in [-0.1, -0.05) is 35.3 Å². The van der Waals surface area contributed by atoms with Crippen LogP contribution in [0.3, 0.4) is 0 Å². The van der Waals surface area contributed by atoms with Gasteiger partial charge in [0, 0.05) is 30.7 Å². The summed E-state index contributed by atoms with van der Waals surface area (Å²) in [7, 11) is 4.15. The maximum Gasteiger partial charge on any atom is 0.170 e. The number of thiocarbonyl (C=S) groups is 1. The second-order valence-corrected chi connectivity index (χ2v) is 9.53. The Morgan fingerprint density at radius 1 is 1.12 bits per heavy atom. The Morgan fingerprint density at radius 3 is 2.59 bits per heavy atom. The second kappa shape index (κ2) is 9.40. The molecule has 5 nitrogen and oxygen atoms in total. The molecular formula is C24H27Cl2N5S. The highest BCUT2D eigenvalue weighted by atomic mass is 35.5. The van der Waals surface area contributed by atoms with Gasteiger partial charge in [0.2, 0.25) is 0 Å². The zero-order valence-electron chi connectivity index (χ0n) is 18.6. The van der Waals surface area contributed by atoms with E-state index in [1.54, 1.807) is 0 Å². The van der Waals surface area contributed by atoms with Gasteiger partial charge in [0.15, 0.2) is 5.11 Å². The quantitative estimate of drug-likeness (QED) is 0.475. The molecule has 0 amide bonds. The molecule has 1 saturated heterocycles. The van der Waals surface area contributed by atoms with Crippen LogP contribution in [0.5, 0.6) is 0 Å². The lowest BCUT2D eigenvalue weighted by Crippen LogP contribution is -2.35. The van der Waals surface area contributed by atoms with E-state index in [1.165, 1.54) is 5.56 Å². The normalized spacial score (nSPS) is 18.5. The largest absolute Gasteiger partial charge is 0.352 e. The van der Waals surface area contributed by atoms with Crippen LogP contribution in [0.1, 0.15) is 34.7 Å². The number of halogens is 2. The molecule has 2 aromatic heterocycles. The molecule has 1 aliphatic rings. The van der Waals surface area contributed by atoms with Gasteiger partial charge in [-0.25, -0.2) is 0 Å². The summed E-state index contributed by atoms with van der Waals surface area (Å²) >= 11 is 18.7. The molecule has 0 radical (unpaired) electrons. The molecule has 0 aliphatic carbocycles. The van der Waals surface area contributed by atoms with Crippen LogP contribution in [0.15, 0.2) is 48.7 Å². The Kier molecular flexibility index (Phi) is 6.77. The summed E-state index contributed by atoms with van der Waals surface area (Å²) in [5.74, 6) is 0. The summed E-state index contributed by atoms with van der Waals surface area (Å²) in [5.41, 5.74) is 5.24. The third kappa shape index (κ3) is 4.25. The van der Waals surface area contributed by atoms with Crippen LogP contribution in [0.4, 0.5) is 0 Å². The number of aryl methyl sites for hydroxylation is 1. The molecule has 1 fully saturated rings. The molecule has 0 saturated carbocycles. The highest BCUT2D eigenvalue weighted by Gasteiger charge is 2.41. The molecule has 8 heteroatoms. The molecule has 4 rings (SSSR count). The Labute approximate surface area is 204 Å². The van der Waals surface area contributed by atoms with Gasteiger partial charge >= 0.3 is 0 Å². The van der Waals surface area contributed by atoms with Crippen LogP contribution in [0.25, 0.3) is 5.69 Å². The first-order valence-corrected chi connectivity index (χ1v) is 11.7. The summed E-state index contributed by atoms with van der Waals surface area (Å²) in [6.45, 7) is 5.93. The van der Waals surface area contributed by atoms with Crippen molar-refractivity contribution in [2.45, 2.75) is 25.9 Å². The fraction of sp³-hybridized carbons (Fsp3) is 0.333. The van der Waals surface area contributed by atoms with E-state index in [-0.39, 0.29) is 12.1 Å². The Hall–Kier alpha value is -2.12. The van der Waals surface area contributed by atoms with E-state index in [0.717, 1.165) is 41.0 Å². The third-order valence-electron chi connectivity index (χ3n) is 5.95. The van der Waals surface area contributed by atoms with Gasteiger partial charge in [0.25, 0.3) is 0 Å². The molecule has 168 valence electrons. The molecule has 1 N–H and O–H groups in total. The lowest BCUT2D eigenvalue weighted by atomic mass is 9.97. The van der Waals surface area contributed by atoms with Crippen molar-refractivity contribution in [1.29, 1.82) is 0 Å². The molecule has 3 heterocycles. The average Bonchev–Trinajstić information content (AvgIpc) is 3.24. The van der Waals surface area contributed by atoms with Crippen molar-refractivity contribution in [3.63, 3.8) is 0 Å². The van der Waals surface area contributed by atoms with Crippen LogP contribution in [-0.4, -0.2) is 51.6 Å². The molecule has 3 aromatic rings. The summed E-state index contributed by atoms with van der Waals surface area (Å²) in [6, 6.07) is 13.9. The molecule has 0 bridgehead atoms. The van der Waals surface area contributed by atoms with Gasteiger partial charge in [0.1, 0.15) is 0 Å². The van der Waals surface area contributed by atoms with Crippen LogP contribution in [-0.2, 0) is 0 Å². The number of pyridine rings is 1. The maximum atomic E-state index is 6.59. The van der Waals surface area contributed by atoms with Crippen molar-refractivity contribution in [1.82, 2.24) is 24.7 Å². The van der Waals surface area contributed by atoms with Gasteiger partial charge in [0.05, 0.1) is 33.5 Å². The molecule has 0 unspecified atom stereocenters. The topological polar surface area (TPSA) is 36.3 Å². The van der Waals surface area contributed by atoms with E-state index in [1.807, 2.05) is 36.5 Å². The van der Waals surface area contributed by atoms with E-state index in [0.29, 0.717) is 10.0 Å². The highest BCUT2D eigenvalue weighted by Crippen LogP contribution is 2.42. The molecule has 1 aromatic carbocycles. The lowest BCUT2D eigenvalue weighted by molar-refractivity contribution is 0.277. The summed E-state index contributed by atoms with van der Waals surface area (Å²) in [4.78, 5) is 9.09. The fourth-order valence-corrected chi connectivity index (χ4v) is 5.13. The van der Waals surface area contributed by atoms with Crippen LogP contribution >= 0.6 is 35.4 Å². The maximum absolute atomic E-state index is 6.59. The van der Waals surface area contributed by atoms with Gasteiger partial charge in [-0.05, 0) is 76.1 Å². The van der Waals surface area contributed by atoms with Crippen LogP contribution in [0, 0.1) is 13.8 Å². The van der Waals surface area contributed by atoms with Crippen molar-refractivity contribution in [3.05, 3.63) is 81.4 Å². The smallest absolute Gasteiger partial charge is 0.170 e. The Morgan fingerprint density at radius 2 is 1.91 bits per heavy atom. The van der Waals surface area contributed by atoms with E-state index in [2.05, 4.69) is 64.7 Å².